The minimum absolute atomic E-state index is 0.0286. The van der Waals surface area contributed by atoms with E-state index in [1.54, 1.807) is 36.0 Å². The molecule has 18 heavy (non-hydrogen) atoms. The van der Waals surface area contributed by atoms with Crippen molar-refractivity contribution in [1.82, 2.24) is 9.88 Å². The van der Waals surface area contributed by atoms with Gasteiger partial charge < -0.3 is 10.0 Å². The second-order valence-corrected chi connectivity index (χ2v) is 4.62. The molecular weight excluding hydrogens is 248 g/mol. The highest BCUT2D eigenvalue weighted by Gasteiger charge is 2.11. The van der Waals surface area contributed by atoms with Crippen molar-refractivity contribution in [2.45, 2.75) is 0 Å². The smallest absolute Gasteiger partial charge is 0.253 e. The van der Waals surface area contributed by atoms with Gasteiger partial charge in [-0.2, -0.15) is 0 Å². The normalized spacial score (nSPS) is 10.3. The lowest BCUT2D eigenvalue weighted by atomic mass is 10.1. The van der Waals surface area contributed by atoms with Crippen LogP contribution in [0.1, 0.15) is 10.4 Å². The van der Waals surface area contributed by atoms with Gasteiger partial charge in [0.05, 0.1) is 17.8 Å². The zero-order chi connectivity index (χ0) is 13.0. The lowest BCUT2D eigenvalue weighted by molar-refractivity contribution is 0.0767. The molecule has 1 aromatic heterocycles. The standard InChI is InChI=1S/C13H14N2O2S/c1-15(6-7-16)13(17)11-4-2-10(3-5-11)12-8-18-9-14-12/h2-5,8-9,16H,6-7H2,1H3. The molecule has 0 radical (unpaired) electrons. The Hall–Kier alpha value is -1.72. The number of hydrogen-bond acceptors (Lipinski definition) is 4. The summed E-state index contributed by atoms with van der Waals surface area (Å²) in [6.07, 6.45) is 0. The van der Waals surface area contributed by atoms with E-state index >= 15 is 0 Å². The van der Waals surface area contributed by atoms with Gasteiger partial charge in [0.25, 0.3) is 5.91 Å². The molecule has 0 aliphatic rings. The third kappa shape index (κ3) is 2.75. The predicted molar refractivity (Wildman–Crippen MR) is 71.6 cm³/mol. The molecule has 0 unspecified atom stereocenters. The van der Waals surface area contributed by atoms with Crippen molar-refractivity contribution in [1.29, 1.82) is 0 Å². The van der Waals surface area contributed by atoms with Crippen molar-refractivity contribution in [3.8, 4) is 11.3 Å². The maximum atomic E-state index is 11.9. The highest BCUT2D eigenvalue weighted by Crippen LogP contribution is 2.19. The lowest BCUT2D eigenvalue weighted by Crippen LogP contribution is -2.29. The van der Waals surface area contributed by atoms with E-state index in [1.807, 2.05) is 17.5 Å². The van der Waals surface area contributed by atoms with Gasteiger partial charge in [-0.1, -0.05) is 12.1 Å². The number of nitrogens with zero attached hydrogens (tertiary/aromatic N) is 2. The maximum absolute atomic E-state index is 11.9. The van der Waals surface area contributed by atoms with E-state index in [0.717, 1.165) is 11.3 Å². The molecule has 94 valence electrons. The van der Waals surface area contributed by atoms with Crippen molar-refractivity contribution in [3.63, 3.8) is 0 Å². The van der Waals surface area contributed by atoms with Crippen molar-refractivity contribution in [2.75, 3.05) is 20.2 Å². The Morgan fingerprint density at radius 1 is 1.39 bits per heavy atom. The lowest BCUT2D eigenvalue weighted by Gasteiger charge is -2.15. The quantitative estimate of drug-likeness (QED) is 0.915. The molecule has 1 N–H and O–H groups in total. The molecule has 0 saturated carbocycles. The Morgan fingerprint density at radius 2 is 2.11 bits per heavy atom. The molecule has 0 atom stereocenters. The first-order valence-corrected chi connectivity index (χ1v) is 6.51. The fourth-order valence-electron chi connectivity index (χ4n) is 1.61. The first-order valence-electron chi connectivity index (χ1n) is 5.57. The van der Waals surface area contributed by atoms with E-state index in [9.17, 15) is 4.79 Å². The summed E-state index contributed by atoms with van der Waals surface area (Å²) in [6, 6.07) is 7.33. The van der Waals surface area contributed by atoms with Crippen LogP contribution in [0.2, 0.25) is 0 Å². The van der Waals surface area contributed by atoms with E-state index in [0.29, 0.717) is 12.1 Å². The fraction of sp³-hybridized carbons (Fsp3) is 0.231. The van der Waals surface area contributed by atoms with E-state index in [1.165, 1.54) is 4.90 Å². The third-order valence-corrected chi connectivity index (χ3v) is 3.23. The van der Waals surface area contributed by atoms with Gasteiger partial charge in [-0.3, -0.25) is 4.79 Å². The topological polar surface area (TPSA) is 53.4 Å². The van der Waals surface area contributed by atoms with Gasteiger partial charge >= 0.3 is 0 Å². The molecule has 4 nitrogen and oxygen atoms in total. The molecule has 0 bridgehead atoms. The number of aromatic nitrogens is 1. The van der Waals surface area contributed by atoms with Crippen LogP contribution >= 0.6 is 11.3 Å². The van der Waals surface area contributed by atoms with E-state index < -0.39 is 0 Å². The van der Waals surface area contributed by atoms with E-state index in [2.05, 4.69) is 4.98 Å². The molecule has 1 aromatic carbocycles. The second kappa shape index (κ2) is 5.75. The van der Waals surface area contributed by atoms with Crippen LogP contribution < -0.4 is 0 Å². The number of thiazole rings is 1. The fourth-order valence-corrected chi connectivity index (χ4v) is 2.17. The third-order valence-electron chi connectivity index (χ3n) is 2.64. The van der Waals surface area contributed by atoms with Crippen molar-refractivity contribution >= 4 is 17.2 Å². The van der Waals surface area contributed by atoms with Crippen LogP contribution in [0.5, 0.6) is 0 Å². The molecule has 0 fully saturated rings. The van der Waals surface area contributed by atoms with Crippen LogP contribution in [0, 0.1) is 0 Å². The van der Waals surface area contributed by atoms with Crippen LogP contribution in [0.3, 0.4) is 0 Å². The van der Waals surface area contributed by atoms with Crippen LogP contribution in [-0.4, -0.2) is 41.1 Å². The molecule has 0 spiro atoms. The van der Waals surface area contributed by atoms with Gasteiger partial charge in [-0.15, -0.1) is 11.3 Å². The molecule has 1 amide bonds. The molecule has 2 aromatic rings. The molecule has 5 heteroatoms. The van der Waals surface area contributed by atoms with E-state index in [-0.39, 0.29) is 12.5 Å². The van der Waals surface area contributed by atoms with Crippen LogP contribution in [0.15, 0.2) is 35.2 Å². The summed E-state index contributed by atoms with van der Waals surface area (Å²) in [6.45, 7) is 0.311. The Balaban J connectivity index is 2.15. The largest absolute Gasteiger partial charge is 0.395 e. The Kier molecular flexibility index (Phi) is 4.07. The van der Waals surface area contributed by atoms with Crippen LogP contribution in [-0.2, 0) is 0 Å². The number of hydrogen-bond donors (Lipinski definition) is 1. The first kappa shape index (κ1) is 12.7. The Labute approximate surface area is 110 Å². The molecule has 0 saturated heterocycles. The predicted octanol–water partition coefficient (Wildman–Crippen LogP) is 1.87. The molecule has 2 rings (SSSR count). The summed E-state index contributed by atoms with van der Waals surface area (Å²) >= 11 is 1.54. The molecule has 0 aliphatic carbocycles. The van der Waals surface area contributed by atoms with Gasteiger partial charge in [0, 0.05) is 30.1 Å². The van der Waals surface area contributed by atoms with Crippen molar-refractivity contribution in [3.05, 3.63) is 40.7 Å². The molecule has 0 aliphatic heterocycles. The summed E-state index contributed by atoms with van der Waals surface area (Å²) < 4.78 is 0. The summed E-state index contributed by atoms with van der Waals surface area (Å²) in [7, 11) is 1.67. The van der Waals surface area contributed by atoms with Crippen LogP contribution in [0.25, 0.3) is 11.3 Å². The number of carbonyl (C=O) groups excluding carboxylic acids is 1. The maximum Gasteiger partial charge on any atom is 0.253 e. The number of benzene rings is 1. The van der Waals surface area contributed by atoms with Gasteiger partial charge in [0.2, 0.25) is 0 Å². The van der Waals surface area contributed by atoms with Gasteiger partial charge in [-0.25, -0.2) is 4.98 Å². The summed E-state index contributed by atoms with van der Waals surface area (Å²) in [5.41, 5.74) is 4.31. The number of likely N-dealkylation sites (N-methyl/N-ethyl adjacent to an activating group) is 1. The minimum Gasteiger partial charge on any atom is -0.395 e. The van der Waals surface area contributed by atoms with Gasteiger partial charge in [0.1, 0.15) is 0 Å². The van der Waals surface area contributed by atoms with E-state index in [4.69, 9.17) is 5.11 Å². The Bertz CT molecular complexity index is 508. The Morgan fingerprint density at radius 3 is 2.67 bits per heavy atom. The zero-order valence-electron chi connectivity index (χ0n) is 10.0. The van der Waals surface area contributed by atoms with Crippen molar-refractivity contribution in [2.24, 2.45) is 0 Å². The number of rotatable bonds is 4. The first-order chi connectivity index (χ1) is 8.72. The number of amides is 1. The zero-order valence-corrected chi connectivity index (χ0v) is 10.9. The number of carbonyl (C=O) groups is 1. The molecular formula is C13H14N2O2S. The highest BCUT2D eigenvalue weighted by molar-refractivity contribution is 7.07. The monoisotopic (exact) mass is 262 g/mol. The number of aliphatic hydroxyl groups excluding tert-OH is 1. The second-order valence-electron chi connectivity index (χ2n) is 3.90. The van der Waals surface area contributed by atoms with Gasteiger partial charge in [-0.05, 0) is 12.1 Å². The average molecular weight is 262 g/mol. The summed E-state index contributed by atoms with van der Waals surface area (Å²) in [5.74, 6) is -0.0890. The minimum atomic E-state index is -0.0890. The number of aliphatic hydroxyl groups is 1. The van der Waals surface area contributed by atoms with Crippen LogP contribution in [0.4, 0.5) is 0 Å². The van der Waals surface area contributed by atoms with Gasteiger partial charge in [0.15, 0.2) is 0 Å². The highest BCUT2D eigenvalue weighted by atomic mass is 32.1. The molecule has 1 heterocycles. The average Bonchev–Trinajstić information content (AvgIpc) is 2.92. The SMILES string of the molecule is CN(CCO)C(=O)c1ccc(-c2cscn2)cc1. The van der Waals surface area contributed by atoms with Crippen molar-refractivity contribution < 1.29 is 9.90 Å². The summed E-state index contributed by atoms with van der Waals surface area (Å²) in [5, 5.41) is 10.8. The summed E-state index contributed by atoms with van der Waals surface area (Å²) in [4.78, 5) is 17.6.